The van der Waals surface area contributed by atoms with E-state index in [0.29, 0.717) is 17.8 Å². The molecule has 2 saturated heterocycles. The van der Waals surface area contributed by atoms with Crippen molar-refractivity contribution in [2.75, 3.05) is 11.9 Å². The van der Waals surface area contributed by atoms with Gasteiger partial charge in [0.1, 0.15) is 0 Å². The largest absolute Gasteiger partial charge is 0.285 e. The SMILES string of the molecule is Cc1cc2c(c(C)c1C)C1c3c(cc(C)c(N4C(=O)C5C6C=CC(C7C(=O)N(C)C(=O)C67)C5C4=O)c3C)C2C2CCCCC12. The number of allylic oxidation sites excluding steroid dienone is 2. The summed E-state index contributed by atoms with van der Waals surface area (Å²) < 4.78 is 0. The van der Waals surface area contributed by atoms with Crippen LogP contribution in [0.15, 0.2) is 24.3 Å². The standard InChI is InChI=1S/C38H40N2O4/c1-15-13-24-26(18(4)17(15)3)29-21-10-8-7-9-20(21)28(24)25-14-16(2)34(19(5)27(25)29)40-37(43)32-22-11-12-23(33(32)38(40)44)31-30(22)35(41)39(6)36(31)42/h11-14,20-23,28-33H,7-10H2,1-6H3. The summed E-state index contributed by atoms with van der Waals surface area (Å²) in [5.41, 5.74) is 12.7. The molecule has 10 atom stereocenters. The number of likely N-dealkylation sites (tertiary alicyclic amines) is 1. The van der Waals surface area contributed by atoms with Crippen LogP contribution in [0.25, 0.3) is 0 Å². The summed E-state index contributed by atoms with van der Waals surface area (Å²) >= 11 is 0. The molecule has 0 radical (unpaired) electrons. The van der Waals surface area contributed by atoms with Gasteiger partial charge in [-0.05, 0) is 109 Å². The first-order valence-electron chi connectivity index (χ1n) is 16.7. The molecule has 7 aliphatic carbocycles. The molecule has 2 aromatic carbocycles. The van der Waals surface area contributed by atoms with Crippen molar-refractivity contribution in [2.24, 2.45) is 47.3 Å². The highest BCUT2D eigenvalue weighted by Crippen LogP contribution is 2.65. The molecule has 226 valence electrons. The first-order chi connectivity index (χ1) is 21.0. The highest BCUT2D eigenvalue weighted by Gasteiger charge is 2.68. The van der Waals surface area contributed by atoms with Gasteiger partial charge in [-0.2, -0.15) is 0 Å². The van der Waals surface area contributed by atoms with Crippen LogP contribution >= 0.6 is 0 Å². The third kappa shape index (κ3) is 2.90. The number of benzene rings is 2. The average Bonchev–Trinajstić information content (AvgIpc) is 3.42. The maximum absolute atomic E-state index is 14.5. The minimum absolute atomic E-state index is 0.196. The molecule has 0 aromatic heterocycles. The van der Waals surface area contributed by atoms with E-state index in [2.05, 4.69) is 46.8 Å². The van der Waals surface area contributed by atoms with Crippen LogP contribution in [-0.4, -0.2) is 35.6 Å². The van der Waals surface area contributed by atoms with Crippen molar-refractivity contribution >= 4 is 29.3 Å². The fourth-order valence-corrected chi connectivity index (χ4v) is 11.6. The van der Waals surface area contributed by atoms with Crippen LogP contribution in [0.5, 0.6) is 0 Å². The number of imide groups is 2. The lowest BCUT2D eigenvalue weighted by Gasteiger charge is -2.54. The Labute approximate surface area is 258 Å². The van der Waals surface area contributed by atoms with Gasteiger partial charge in [0.2, 0.25) is 23.6 Å². The smallest absolute Gasteiger partial charge is 0.238 e. The third-order valence-corrected chi connectivity index (χ3v) is 13.5. The zero-order valence-electron chi connectivity index (χ0n) is 26.4. The minimum Gasteiger partial charge on any atom is -0.285 e. The van der Waals surface area contributed by atoms with E-state index < -0.39 is 35.5 Å². The molecule has 10 unspecified atom stereocenters. The van der Waals surface area contributed by atoms with Gasteiger partial charge in [0, 0.05) is 30.7 Å². The molecule has 6 heteroatoms. The predicted molar refractivity (Wildman–Crippen MR) is 166 cm³/mol. The first-order valence-corrected chi connectivity index (χ1v) is 16.7. The summed E-state index contributed by atoms with van der Waals surface area (Å²) in [5, 5.41) is 0. The molecular formula is C38H40N2O4. The summed E-state index contributed by atoms with van der Waals surface area (Å²) in [6, 6.07) is 4.76. The van der Waals surface area contributed by atoms with E-state index in [-0.39, 0.29) is 29.5 Å². The molecule has 0 N–H and O–H groups in total. The Bertz CT molecular complexity index is 1750. The highest BCUT2D eigenvalue weighted by atomic mass is 16.2. The van der Waals surface area contributed by atoms with Crippen LogP contribution in [0.1, 0.15) is 87.6 Å². The zero-order valence-corrected chi connectivity index (χ0v) is 26.4. The van der Waals surface area contributed by atoms with Crippen molar-refractivity contribution in [1.29, 1.82) is 0 Å². The fraction of sp³-hybridized carbons (Fsp3) is 0.526. The van der Waals surface area contributed by atoms with E-state index >= 15 is 0 Å². The average molecular weight is 589 g/mol. The van der Waals surface area contributed by atoms with Crippen molar-refractivity contribution in [3.05, 3.63) is 74.4 Å². The van der Waals surface area contributed by atoms with Crippen LogP contribution in [0.2, 0.25) is 0 Å². The Balaban J connectivity index is 1.21. The Morgan fingerprint density at radius 3 is 1.64 bits per heavy atom. The molecule has 11 rings (SSSR count). The highest BCUT2D eigenvalue weighted by molar-refractivity contribution is 6.24. The van der Waals surface area contributed by atoms with Crippen LogP contribution in [0.3, 0.4) is 0 Å². The Kier molecular flexibility index (Phi) is 5.23. The second-order valence-corrected chi connectivity index (χ2v) is 15.1. The summed E-state index contributed by atoms with van der Waals surface area (Å²) in [4.78, 5) is 57.9. The van der Waals surface area contributed by atoms with Crippen LogP contribution in [-0.2, 0) is 19.2 Å². The molecule has 9 aliphatic rings. The molecule has 4 amide bonds. The van der Waals surface area contributed by atoms with Gasteiger partial charge in [-0.25, -0.2) is 4.90 Å². The number of anilines is 1. The second kappa shape index (κ2) is 8.58. The number of amides is 4. The number of nitrogens with zero attached hydrogens (tertiary/aromatic N) is 2. The predicted octanol–water partition coefficient (Wildman–Crippen LogP) is 5.78. The van der Waals surface area contributed by atoms with Gasteiger partial charge in [-0.3, -0.25) is 24.1 Å². The quantitative estimate of drug-likeness (QED) is 0.313. The van der Waals surface area contributed by atoms with Crippen LogP contribution < -0.4 is 4.90 Å². The normalized spacial score (nSPS) is 37.4. The molecule has 0 spiro atoms. The molecule has 2 aromatic rings. The molecule has 4 fully saturated rings. The molecule has 2 saturated carbocycles. The van der Waals surface area contributed by atoms with Gasteiger partial charge in [0.05, 0.1) is 29.4 Å². The maximum atomic E-state index is 14.5. The second-order valence-electron chi connectivity index (χ2n) is 15.1. The molecule has 6 nitrogen and oxygen atoms in total. The van der Waals surface area contributed by atoms with Crippen LogP contribution in [0, 0.1) is 82.0 Å². The number of carbonyl (C=O) groups is 4. The third-order valence-electron chi connectivity index (χ3n) is 13.5. The lowest BCUT2D eigenvalue weighted by atomic mass is 9.49. The Hall–Kier alpha value is -3.54. The summed E-state index contributed by atoms with van der Waals surface area (Å²) in [5.74, 6) is -2.11. The number of hydrogen-bond acceptors (Lipinski definition) is 4. The molecule has 44 heavy (non-hydrogen) atoms. The summed E-state index contributed by atoms with van der Waals surface area (Å²) in [6.07, 6.45) is 8.92. The molecular weight excluding hydrogens is 548 g/mol. The Morgan fingerprint density at radius 2 is 1.07 bits per heavy atom. The topological polar surface area (TPSA) is 74.8 Å². The zero-order chi connectivity index (χ0) is 30.7. The number of rotatable bonds is 1. The van der Waals surface area contributed by atoms with Gasteiger partial charge in [0.25, 0.3) is 0 Å². The maximum Gasteiger partial charge on any atom is 0.238 e. The van der Waals surface area contributed by atoms with Crippen molar-refractivity contribution in [3.8, 4) is 0 Å². The van der Waals surface area contributed by atoms with E-state index in [0.717, 1.165) is 16.8 Å². The lowest BCUT2D eigenvalue weighted by Crippen LogP contribution is -2.50. The molecule has 2 aliphatic heterocycles. The fourth-order valence-electron chi connectivity index (χ4n) is 11.6. The van der Waals surface area contributed by atoms with Crippen molar-refractivity contribution < 1.29 is 19.2 Å². The summed E-state index contributed by atoms with van der Waals surface area (Å²) in [6.45, 7) is 11.0. The number of aryl methyl sites for hydroxylation is 2. The molecule has 2 heterocycles. The molecule has 4 bridgehead atoms. The first kappa shape index (κ1) is 26.8. The van der Waals surface area contributed by atoms with Crippen molar-refractivity contribution in [2.45, 2.75) is 72.1 Å². The minimum atomic E-state index is -0.593. The number of carbonyl (C=O) groups excluding carboxylic acids is 4. The van der Waals surface area contributed by atoms with Gasteiger partial charge >= 0.3 is 0 Å². The lowest BCUT2D eigenvalue weighted by molar-refractivity contribution is -0.138. The van der Waals surface area contributed by atoms with Gasteiger partial charge in [0.15, 0.2) is 0 Å². The van der Waals surface area contributed by atoms with E-state index in [9.17, 15) is 19.2 Å². The van der Waals surface area contributed by atoms with E-state index in [1.165, 1.54) is 81.5 Å². The van der Waals surface area contributed by atoms with Gasteiger partial charge < -0.3 is 0 Å². The summed E-state index contributed by atoms with van der Waals surface area (Å²) in [7, 11) is 1.53. The van der Waals surface area contributed by atoms with Gasteiger partial charge in [-0.15, -0.1) is 0 Å². The van der Waals surface area contributed by atoms with E-state index in [1.807, 2.05) is 12.2 Å². The van der Waals surface area contributed by atoms with Gasteiger partial charge in [-0.1, -0.05) is 37.1 Å². The van der Waals surface area contributed by atoms with E-state index in [4.69, 9.17) is 0 Å². The van der Waals surface area contributed by atoms with Crippen LogP contribution in [0.4, 0.5) is 5.69 Å². The van der Waals surface area contributed by atoms with Crippen molar-refractivity contribution in [1.82, 2.24) is 4.90 Å². The number of hydrogen-bond donors (Lipinski definition) is 0. The Morgan fingerprint density at radius 1 is 0.591 bits per heavy atom. The van der Waals surface area contributed by atoms with Crippen molar-refractivity contribution in [3.63, 3.8) is 0 Å². The van der Waals surface area contributed by atoms with E-state index in [1.54, 1.807) is 0 Å². The monoisotopic (exact) mass is 588 g/mol.